The average Bonchev–Trinajstić information content (AvgIpc) is 3.16. The number of aliphatic hydroxyl groups excluding tert-OH is 3. The van der Waals surface area contributed by atoms with E-state index in [9.17, 15) is 20.1 Å². The number of aliphatic hydroxyl groups is 3. The molecule has 0 aromatic carbocycles. The van der Waals surface area contributed by atoms with Crippen molar-refractivity contribution in [2.45, 2.75) is 257 Å². The fourth-order valence-electron chi connectivity index (χ4n) is 7.02. The van der Waals surface area contributed by atoms with E-state index in [-0.39, 0.29) is 6.61 Å². The molecule has 0 aliphatic heterocycles. The third kappa shape index (κ3) is 38.6. The summed E-state index contributed by atoms with van der Waals surface area (Å²) in [6.45, 7) is 4.17. The molecule has 0 saturated carbocycles. The molecule has 0 fully saturated rings. The Kier molecular flexibility index (Phi) is 42.1. The van der Waals surface area contributed by atoms with E-state index in [1.54, 1.807) is 6.08 Å². The summed E-state index contributed by atoms with van der Waals surface area (Å²) in [5, 5.41) is 33.1. The fourth-order valence-corrected chi connectivity index (χ4v) is 7.02. The van der Waals surface area contributed by atoms with Crippen molar-refractivity contribution in [1.82, 2.24) is 5.32 Å². The van der Waals surface area contributed by atoms with Crippen molar-refractivity contribution >= 4 is 5.91 Å². The van der Waals surface area contributed by atoms with Crippen LogP contribution in [0.3, 0.4) is 0 Å². The molecule has 0 saturated heterocycles. The highest BCUT2D eigenvalue weighted by atomic mass is 16.3. The quantitative estimate of drug-likeness (QED) is 0.0370. The minimum atomic E-state index is -1.11. The van der Waals surface area contributed by atoms with Gasteiger partial charge in [0, 0.05) is 0 Å². The number of rotatable bonds is 42. The first-order valence-electron chi connectivity index (χ1n) is 23.3. The average molecular weight is 746 g/mol. The lowest BCUT2D eigenvalue weighted by Gasteiger charge is -2.21. The highest BCUT2D eigenvalue weighted by Gasteiger charge is 2.22. The van der Waals surface area contributed by atoms with Crippen LogP contribution in [-0.2, 0) is 4.79 Å². The number of unbranched alkanes of at least 4 members (excludes halogenated alkanes) is 30. The van der Waals surface area contributed by atoms with Crippen molar-refractivity contribution < 1.29 is 20.1 Å². The van der Waals surface area contributed by atoms with Gasteiger partial charge >= 0.3 is 0 Å². The lowest BCUT2D eigenvalue weighted by atomic mass is 10.0. The summed E-state index contributed by atoms with van der Waals surface area (Å²) in [4.78, 5) is 12.5. The van der Waals surface area contributed by atoms with Gasteiger partial charge in [0.25, 0.3) is 0 Å². The summed E-state index contributed by atoms with van der Waals surface area (Å²) in [7, 11) is 0. The number of hydrogen-bond donors (Lipinski definition) is 4. The van der Waals surface area contributed by atoms with Crippen LogP contribution < -0.4 is 5.32 Å². The first-order chi connectivity index (χ1) is 26.1. The van der Waals surface area contributed by atoms with Gasteiger partial charge in [-0.05, 0) is 57.8 Å². The molecule has 5 heteroatoms. The maximum absolute atomic E-state index is 12.5. The Morgan fingerprint density at radius 2 is 0.774 bits per heavy atom. The molecule has 0 rings (SSSR count). The summed E-state index contributed by atoms with van der Waals surface area (Å²) in [5.41, 5.74) is 0. The molecule has 3 unspecified atom stereocenters. The van der Waals surface area contributed by atoms with Gasteiger partial charge in [0.15, 0.2) is 0 Å². The van der Waals surface area contributed by atoms with Crippen molar-refractivity contribution in [3.63, 3.8) is 0 Å². The third-order valence-corrected chi connectivity index (χ3v) is 10.7. The molecule has 0 heterocycles. The molecule has 53 heavy (non-hydrogen) atoms. The van der Waals surface area contributed by atoms with Gasteiger partial charge in [-0.15, -0.1) is 0 Å². The van der Waals surface area contributed by atoms with Gasteiger partial charge in [0.2, 0.25) is 5.91 Å². The van der Waals surface area contributed by atoms with Crippen LogP contribution in [0.1, 0.15) is 239 Å². The topological polar surface area (TPSA) is 89.8 Å². The van der Waals surface area contributed by atoms with E-state index < -0.39 is 24.2 Å². The van der Waals surface area contributed by atoms with E-state index in [1.165, 1.54) is 180 Å². The maximum Gasteiger partial charge on any atom is 0.249 e. The maximum atomic E-state index is 12.5. The van der Waals surface area contributed by atoms with Crippen molar-refractivity contribution in [2.75, 3.05) is 6.61 Å². The summed E-state index contributed by atoms with van der Waals surface area (Å²) in [6.07, 6.45) is 54.7. The smallest absolute Gasteiger partial charge is 0.249 e. The number of hydrogen-bond acceptors (Lipinski definition) is 4. The van der Waals surface area contributed by atoms with Gasteiger partial charge in [-0.2, -0.15) is 0 Å². The van der Waals surface area contributed by atoms with Crippen LogP contribution in [0.4, 0.5) is 0 Å². The minimum absolute atomic E-state index is 0.378. The molecule has 0 aromatic heterocycles. The van der Waals surface area contributed by atoms with E-state index >= 15 is 0 Å². The zero-order valence-electron chi connectivity index (χ0n) is 35.4. The molecule has 1 amide bonds. The normalized spacial score (nSPS) is 13.8. The Bertz CT molecular complexity index is 824. The minimum Gasteiger partial charge on any atom is -0.394 e. The fraction of sp³-hybridized carbons (Fsp3) is 0.854. The Balaban J connectivity index is 3.69. The summed E-state index contributed by atoms with van der Waals surface area (Å²) in [5.74, 6) is -0.517. The monoisotopic (exact) mass is 746 g/mol. The zero-order valence-corrected chi connectivity index (χ0v) is 35.4. The van der Waals surface area contributed by atoms with Crippen LogP contribution in [0.2, 0.25) is 0 Å². The molecule has 0 aliphatic rings. The second-order valence-corrected chi connectivity index (χ2v) is 16.0. The molecular formula is C48H91NO4. The standard InChI is InChI=1S/C48H91NO4/c1-3-5-7-9-11-13-15-17-19-21-22-23-24-25-26-27-29-30-32-34-36-38-40-42-46(51)45(44-50)49-48(53)47(52)43-41-39-37-35-33-31-28-20-18-16-14-12-10-8-6-4-2/h18,20,32,34,40,42,45-47,50-52H,3-17,19,21-31,33,35-39,41,43-44H2,1-2H3,(H,49,53)/b20-18-,34-32+,42-40+. The Labute approximate surface area is 330 Å². The molecule has 4 N–H and O–H groups in total. The van der Waals surface area contributed by atoms with Crippen LogP contribution in [0, 0.1) is 0 Å². The van der Waals surface area contributed by atoms with Crippen LogP contribution in [0.15, 0.2) is 36.5 Å². The van der Waals surface area contributed by atoms with Crippen LogP contribution >= 0.6 is 0 Å². The largest absolute Gasteiger partial charge is 0.394 e. The Hall–Kier alpha value is -1.43. The van der Waals surface area contributed by atoms with Crippen molar-refractivity contribution in [2.24, 2.45) is 0 Å². The Morgan fingerprint density at radius 1 is 0.453 bits per heavy atom. The second-order valence-electron chi connectivity index (χ2n) is 16.0. The van der Waals surface area contributed by atoms with E-state index in [2.05, 4.69) is 43.5 Å². The number of carbonyl (C=O) groups excluding carboxylic acids is 1. The van der Waals surface area contributed by atoms with E-state index in [0.717, 1.165) is 38.5 Å². The zero-order chi connectivity index (χ0) is 38.7. The van der Waals surface area contributed by atoms with Gasteiger partial charge in [0.05, 0.1) is 18.8 Å². The van der Waals surface area contributed by atoms with Gasteiger partial charge in [-0.25, -0.2) is 0 Å². The molecule has 0 bridgehead atoms. The van der Waals surface area contributed by atoms with Crippen LogP contribution in [-0.4, -0.2) is 46.1 Å². The van der Waals surface area contributed by atoms with Gasteiger partial charge < -0.3 is 20.6 Å². The second kappa shape index (κ2) is 43.3. The lowest BCUT2D eigenvalue weighted by molar-refractivity contribution is -0.131. The number of nitrogens with one attached hydrogen (secondary N) is 1. The summed E-state index contributed by atoms with van der Waals surface area (Å²) >= 11 is 0. The molecule has 3 atom stereocenters. The molecule has 312 valence electrons. The van der Waals surface area contributed by atoms with E-state index in [0.29, 0.717) is 6.42 Å². The summed E-state index contributed by atoms with van der Waals surface area (Å²) in [6, 6.07) is -0.816. The first kappa shape index (κ1) is 51.6. The van der Waals surface area contributed by atoms with E-state index in [1.807, 2.05) is 6.08 Å². The molecule has 0 aliphatic carbocycles. The van der Waals surface area contributed by atoms with Crippen molar-refractivity contribution in [3.8, 4) is 0 Å². The first-order valence-corrected chi connectivity index (χ1v) is 23.3. The highest BCUT2D eigenvalue weighted by molar-refractivity contribution is 5.80. The highest BCUT2D eigenvalue weighted by Crippen LogP contribution is 2.15. The van der Waals surface area contributed by atoms with Crippen LogP contribution in [0.5, 0.6) is 0 Å². The van der Waals surface area contributed by atoms with E-state index in [4.69, 9.17) is 0 Å². The third-order valence-electron chi connectivity index (χ3n) is 10.7. The number of carbonyl (C=O) groups is 1. The number of allylic oxidation sites excluding steroid dienone is 5. The summed E-state index contributed by atoms with van der Waals surface area (Å²) < 4.78 is 0. The van der Waals surface area contributed by atoms with Crippen molar-refractivity contribution in [1.29, 1.82) is 0 Å². The predicted molar refractivity (Wildman–Crippen MR) is 231 cm³/mol. The van der Waals surface area contributed by atoms with Crippen molar-refractivity contribution in [3.05, 3.63) is 36.5 Å². The molecule has 0 aromatic rings. The lowest BCUT2D eigenvalue weighted by Crippen LogP contribution is -2.48. The van der Waals surface area contributed by atoms with Gasteiger partial charge in [-0.3, -0.25) is 4.79 Å². The SMILES string of the molecule is CCCCCCCC/C=C\CCCCCCCCC(O)C(=O)NC(CO)C(O)/C=C/CC/C=C/CCCCCCCCCCCCCCCCCCC. The molecule has 5 nitrogen and oxygen atoms in total. The molecule has 0 spiro atoms. The Morgan fingerprint density at radius 3 is 1.15 bits per heavy atom. The number of amides is 1. The van der Waals surface area contributed by atoms with Gasteiger partial charge in [-0.1, -0.05) is 217 Å². The molecule has 0 radical (unpaired) electrons. The van der Waals surface area contributed by atoms with Crippen LogP contribution in [0.25, 0.3) is 0 Å². The molecular weight excluding hydrogens is 655 g/mol. The van der Waals surface area contributed by atoms with Gasteiger partial charge in [0.1, 0.15) is 6.10 Å². The predicted octanol–water partition coefficient (Wildman–Crippen LogP) is 13.5.